The number of thioether (sulfide) groups is 1. The molecular formula is C26H26FN3O2S. The number of hydrogen-bond acceptors (Lipinski definition) is 4. The zero-order chi connectivity index (χ0) is 23.9. The van der Waals surface area contributed by atoms with E-state index in [0.29, 0.717) is 16.4 Å². The van der Waals surface area contributed by atoms with Gasteiger partial charge in [-0.3, -0.25) is 14.7 Å². The van der Waals surface area contributed by atoms with Crippen LogP contribution in [0.2, 0.25) is 0 Å². The number of fused-ring (bicyclic) bond motifs is 1. The van der Waals surface area contributed by atoms with Gasteiger partial charge in [-0.2, -0.15) is 0 Å². The highest BCUT2D eigenvalue weighted by Crippen LogP contribution is 2.34. The molecule has 0 spiro atoms. The molecule has 0 unspecified atom stereocenters. The molecule has 0 atom stereocenters. The van der Waals surface area contributed by atoms with Gasteiger partial charge in [0.25, 0.3) is 5.69 Å². The predicted molar refractivity (Wildman–Crippen MR) is 132 cm³/mol. The van der Waals surface area contributed by atoms with Crippen molar-refractivity contribution in [1.29, 1.82) is 0 Å². The van der Waals surface area contributed by atoms with Gasteiger partial charge in [-0.05, 0) is 71.8 Å². The fraction of sp³-hybridized carbons (Fsp3) is 0.269. The van der Waals surface area contributed by atoms with E-state index >= 15 is 0 Å². The maximum atomic E-state index is 13.6. The fourth-order valence-electron chi connectivity index (χ4n) is 3.89. The molecule has 1 aromatic heterocycles. The summed E-state index contributed by atoms with van der Waals surface area (Å²) in [6, 6.07) is 15.3. The molecule has 0 amide bonds. The lowest BCUT2D eigenvalue weighted by Crippen LogP contribution is -2.12. The Balaban J connectivity index is 1.77. The van der Waals surface area contributed by atoms with Gasteiger partial charge in [-0.25, -0.2) is 9.37 Å². The number of benzene rings is 3. The maximum Gasteiger partial charge on any atom is 0.271 e. The molecule has 0 radical (unpaired) electrons. The molecule has 0 bridgehead atoms. The van der Waals surface area contributed by atoms with E-state index in [1.165, 1.54) is 46.5 Å². The van der Waals surface area contributed by atoms with Crippen LogP contribution in [0.3, 0.4) is 0 Å². The van der Waals surface area contributed by atoms with Crippen LogP contribution in [0.1, 0.15) is 43.0 Å². The summed E-state index contributed by atoms with van der Waals surface area (Å²) in [7, 11) is 0. The highest BCUT2D eigenvalue weighted by atomic mass is 32.2. The van der Waals surface area contributed by atoms with E-state index in [1.807, 2.05) is 4.57 Å². The lowest BCUT2D eigenvalue weighted by molar-refractivity contribution is -0.384. The fourth-order valence-corrected chi connectivity index (χ4v) is 5.11. The summed E-state index contributed by atoms with van der Waals surface area (Å²) in [5.41, 5.74) is 7.11. The number of imidazole rings is 1. The molecule has 4 rings (SSSR count). The van der Waals surface area contributed by atoms with Crippen LogP contribution in [-0.2, 0) is 11.2 Å². The smallest absolute Gasteiger partial charge is 0.271 e. The Morgan fingerprint density at radius 1 is 1.03 bits per heavy atom. The van der Waals surface area contributed by atoms with Crippen LogP contribution in [0.4, 0.5) is 10.1 Å². The Morgan fingerprint density at radius 3 is 2.24 bits per heavy atom. The Hall–Kier alpha value is -3.19. The van der Waals surface area contributed by atoms with Gasteiger partial charge in [0.2, 0.25) is 0 Å². The number of aryl methyl sites for hydroxylation is 2. The molecule has 1 heterocycles. The van der Waals surface area contributed by atoms with Gasteiger partial charge >= 0.3 is 0 Å². The molecule has 0 aliphatic carbocycles. The monoisotopic (exact) mass is 463 g/mol. The van der Waals surface area contributed by atoms with Crippen LogP contribution < -0.4 is 0 Å². The molecule has 0 saturated heterocycles. The SMILES string of the molecule is Cc1cc(C(C)(C)C)cc(C)c1CSc1nc2cc([N+](=O)[O-])ccc2n1-c1ccc(F)cc1. The van der Waals surface area contributed by atoms with Crippen LogP contribution in [0.15, 0.2) is 59.8 Å². The summed E-state index contributed by atoms with van der Waals surface area (Å²) >= 11 is 1.57. The van der Waals surface area contributed by atoms with Crippen LogP contribution in [0.25, 0.3) is 16.7 Å². The topological polar surface area (TPSA) is 61.0 Å². The van der Waals surface area contributed by atoms with E-state index in [-0.39, 0.29) is 16.9 Å². The second-order valence-corrected chi connectivity index (χ2v) is 10.2. The van der Waals surface area contributed by atoms with Gasteiger partial charge in [0.1, 0.15) is 5.82 Å². The van der Waals surface area contributed by atoms with Gasteiger partial charge in [0, 0.05) is 23.6 Å². The third-order valence-electron chi connectivity index (χ3n) is 5.81. The first-order valence-electron chi connectivity index (χ1n) is 10.7. The molecule has 3 aromatic carbocycles. The van der Waals surface area contributed by atoms with Gasteiger partial charge in [-0.1, -0.05) is 44.7 Å². The highest BCUT2D eigenvalue weighted by molar-refractivity contribution is 7.98. The molecule has 0 aliphatic heterocycles. The van der Waals surface area contributed by atoms with Crippen molar-refractivity contribution in [3.8, 4) is 5.69 Å². The van der Waals surface area contributed by atoms with Crippen molar-refractivity contribution in [2.45, 2.75) is 50.9 Å². The number of aromatic nitrogens is 2. The highest BCUT2D eigenvalue weighted by Gasteiger charge is 2.19. The molecule has 0 aliphatic rings. The lowest BCUT2D eigenvalue weighted by Gasteiger charge is -2.22. The maximum absolute atomic E-state index is 13.6. The Bertz CT molecular complexity index is 1330. The van der Waals surface area contributed by atoms with Crippen molar-refractivity contribution in [2.24, 2.45) is 0 Å². The molecule has 33 heavy (non-hydrogen) atoms. The predicted octanol–water partition coefficient (Wildman–Crippen LogP) is 7.28. The lowest BCUT2D eigenvalue weighted by atomic mass is 9.84. The van der Waals surface area contributed by atoms with Crippen molar-refractivity contribution in [3.63, 3.8) is 0 Å². The third kappa shape index (κ3) is 4.64. The number of non-ortho nitro benzene ring substituents is 1. The summed E-state index contributed by atoms with van der Waals surface area (Å²) < 4.78 is 15.5. The number of hydrogen-bond donors (Lipinski definition) is 0. The molecule has 170 valence electrons. The number of nitro groups is 1. The standard InChI is InChI=1S/C26H26FN3O2S/c1-16-12-18(26(3,4)5)13-17(2)22(16)15-33-25-28-23-14-21(30(31)32)10-11-24(23)29(25)20-8-6-19(27)7-9-20/h6-14H,15H2,1-5H3. The average molecular weight is 464 g/mol. The van der Waals surface area contributed by atoms with Crippen molar-refractivity contribution in [2.75, 3.05) is 0 Å². The first-order valence-corrected chi connectivity index (χ1v) is 11.7. The largest absolute Gasteiger partial charge is 0.287 e. The van der Waals surface area contributed by atoms with Crippen molar-refractivity contribution < 1.29 is 9.31 Å². The number of rotatable bonds is 5. The molecule has 0 fully saturated rings. The Morgan fingerprint density at radius 2 is 1.67 bits per heavy atom. The molecular weight excluding hydrogens is 437 g/mol. The van der Waals surface area contributed by atoms with Crippen LogP contribution in [0.5, 0.6) is 0 Å². The van der Waals surface area contributed by atoms with E-state index in [0.717, 1.165) is 11.2 Å². The summed E-state index contributed by atoms with van der Waals surface area (Å²) in [6.45, 7) is 10.9. The Labute approximate surface area is 196 Å². The number of nitro benzene ring substituents is 1. The minimum atomic E-state index is -0.424. The van der Waals surface area contributed by atoms with Crippen LogP contribution in [-0.4, -0.2) is 14.5 Å². The number of halogens is 1. The molecule has 5 nitrogen and oxygen atoms in total. The summed E-state index contributed by atoms with van der Waals surface area (Å²) in [4.78, 5) is 15.5. The minimum Gasteiger partial charge on any atom is -0.287 e. The normalized spacial score (nSPS) is 11.8. The molecule has 7 heteroatoms. The average Bonchev–Trinajstić information content (AvgIpc) is 3.10. The Kier molecular flexibility index (Phi) is 6.01. The van der Waals surface area contributed by atoms with Crippen LogP contribution >= 0.6 is 11.8 Å². The zero-order valence-corrected chi connectivity index (χ0v) is 20.2. The molecule has 4 aromatic rings. The second kappa shape index (κ2) is 8.63. The summed E-state index contributed by atoms with van der Waals surface area (Å²) in [6.07, 6.45) is 0. The van der Waals surface area contributed by atoms with E-state index < -0.39 is 4.92 Å². The zero-order valence-electron chi connectivity index (χ0n) is 19.3. The first-order chi connectivity index (χ1) is 15.5. The van der Waals surface area contributed by atoms with E-state index in [9.17, 15) is 14.5 Å². The summed E-state index contributed by atoms with van der Waals surface area (Å²) in [5.74, 6) is 0.382. The van der Waals surface area contributed by atoms with Gasteiger partial charge in [0.15, 0.2) is 5.16 Å². The molecule has 0 saturated carbocycles. The first kappa shape index (κ1) is 23.0. The second-order valence-electron chi connectivity index (χ2n) is 9.26. The van der Waals surface area contributed by atoms with Gasteiger partial charge in [-0.15, -0.1) is 0 Å². The quantitative estimate of drug-likeness (QED) is 0.177. The van der Waals surface area contributed by atoms with E-state index in [4.69, 9.17) is 4.98 Å². The van der Waals surface area contributed by atoms with Crippen molar-refractivity contribution in [3.05, 3.63) is 92.8 Å². The van der Waals surface area contributed by atoms with Crippen LogP contribution in [0, 0.1) is 29.8 Å². The van der Waals surface area contributed by atoms with Gasteiger partial charge in [0.05, 0.1) is 16.0 Å². The van der Waals surface area contributed by atoms with E-state index in [2.05, 4.69) is 46.8 Å². The third-order valence-corrected chi connectivity index (χ3v) is 6.78. The van der Waals surface area contributed by atoms with E-state index in [1.54, 1.807) is 30.0 Å². The molecule has 0 N–H and O–H groups in total. The van der Waals surface area contributed by atoms with Crippen molar-refractivity contribution >= 4 is 28.5 Å². The summed E-state index contributed by atoms with van der Waals surface area (Å²) in [5, 5.41) is 12.0. The minimum absolute atomic E-state index is 0.00716. The number of nitrogens with zero attached hydrogens (tertiary/aromatic N) is 3. The van der Waals surface area contributed by atoms with Crippen molar-refractivity contribution in [1.82, 2.24) is 9.55 Å². The van der Waals surface area contributed by atoms with Gasteiger partial charge < -0.3 is 0 Å².